The van der Waals surface area contributed by atoms with Crippen LogP contribution in [0.2, 0.25) is 0 Å². The van der Waals surface area contributed by atoms with Gasteiger partial charge in [-0.2, -0.15) is 0 Å². The Morgan fingerprint density at radius 2 is 1.63 bits per heavy atom. The van der Waals surface area contributed by atoms with Crippen molar-refractivity contribution in [3.05, 3.63) is 59.2 Å². The predicted octanol–water partition coefficient (Wildman–Crippen LogP) is 3.25. The number of nitrogens with one attached hydrogen (secondary N) is 1. The summed E-state index contributed by atoms with van der Waals surface area (Å²) in [4.78, 5) is 15.8. The van der Waals surface area contributed by atoms with Crippen LogP contribution in [0.25, 0.3) is 0 Å². The first kappa shape index (κ1) is 17.7. The largest absolute Gasteiger partial charge is 0.336 e. The summed E-state index contributed by atoms with van der Waals surface area (Å²) in [6.45, 7) is 1.14. The first-order valence-electron chi connectivity index (χ1n) is 9.18. The number of hydrogen-bond donors (Lipinski definition) is 2. The smallest absolute Gasteiger partial charge is 0.331 e. The number of hydrogen-bond acceptors (Lipinski definition) is 3. The Kier molecular flexibility index (Phi) is 4.70. The summed E-state index contributed by atoms with van der Waals surface area (Å²) in [6, 6.07) is 9.27. The van der Waals surface area contributed by atoms with Crippen LogP contribution in [0.1, 0.15) is 24.0 Å². The summed E-state index contributed by atoms with van der Waals surface area (Å²) in [6.07, 6.45) is 2.99. The maximum Gasteiger partial charge on any atom is 0.331 e. The number of carbonyl (C=O) groups excluding carboxylic acids is 1. The van der Waals surface area contributed by atoms with Crippen LogP contribution in [0.4, 0.5) is 25.0 Å². The van der Waals surface area contributed by atoms with E-state index in [-0.39, 0.29) is 23.7 Å². The molecule has 0 bridgehead atoms. The average molecular weight is 372 g/mol. The van der Waals surface area contributed by atoms with E-state index in [2.05, 4.69) is 10.3 Å². The molecule has 2 amide bonds. The molecule has 2 aromatic carbocycles. The van der Waals surface area contributed by atoms with Crippen molar-refractivity contribution >= 4 is 17.4 Å². The lowest BCUT2D eigenvalue weighted by Gasteiger charge is -2.41. The van der Waals surface area contributed by atoms with Crippen LogP contribution in [0.15, 0.2) is 36.4 Å². The zero-order valence-corrected chi connectivity index (χ0v) is 14.9. The molecule has 142 valence electrons. The van der Waals surface area contributed by atoms with Gasteiger partial charge >= 0.3 is 6.03 Å². The van der Waals surface area contributed by atoms with Crippen molar-refractivity contribution in [1.82, 2.24) is 10.3 Å². The molecule has 27 heavy (non-hydrogen) atoms. The Balaban J connectivity index is 1.79. The molecule has 2 heterocycles. The summed E-state index contributed by atoms with van der Waals surface area (Å²) in [7, 11) is 0. The van der Waals surface area contributed by atoms with E-state index in [1.807, 2.05) is 0 Å². The van der Waals surface area contributed by atoms with Crippen LogP contribution in [0.3, 0.4) is 0 Å². The van der Waals surface area contributed by atoms with Gasteiger partial charge in [-0.05, 0) is 73.2 Å². The Hall–Kier alpha value is -2.67. The van der Waals surface area contributed by atoms with Crippen molar-refractivity contribution in [2.45, 2.75) is 31.7 Å². The van der Waals surface area contributed by atoms with E-state index in [0.717, 1.165) is 35.3 Å². The molecule has 5 nitrogen and oxygen atoms in total. The van der Waals surface area contributed by atoms with Gasteiger partial charge in [-0.3, -0.25) is 5.43 Å². The van der Waals surface area contributed by atoms with E-state index in [1.165, 1.54) is 12.1 Å². The zero-order valence-electron chi connectivity index (χ0n) is 14.9. The third-order valence-electron chi connectivity index (χ3n) is 5.44. The number of aryl methyl sites for hydroxylation is 2. The van der Waals surface area contributed by atoms with Crippen molar-refractivity contribution in [1.29, 1.82) is 0 Å². The van der Waals surface area contributed by atoms with E-state index in [4.69, 9.17) is 5.84 Å². The topological polar surface area (TPSA) is 61.6 Å². The molecular weight excluding hydrogens is 350 g/mol. The van der Waals surface area contributed by atoms with Crippen molar-refractivity contribution in [3.63, 3.8) is 0 Å². The number of carbonyl (C=O) groups is 1. The fraction of sp³-hybridized carbons (Fsp3) is 0.350. The Morgan fingerprint density at radius 3 is 2.19 bits per heavy atom. The first-order valence-corrected chi connectivity index (χ1v) is 9.18. The molecule has 2 aliphatic rings. The molecule has 1 unspecified atom stereocenters. The fourth-order valence-electron chi connectivity index (χ4n) is 4.21. The molecule has 4 rings (SSSR count). The van der Waals surface area contributed by atoms with Crippen LogP contribution < -0.4 is 16.2 Å². The van der Waals surface area contributed by atoms with Gasteiger partial charge < -0.3 is 9.80 Å². The van der Waals surface area contributed by atoms with Crippen LogP contribution >= 0.6 is 0 Å². The van der Waals surface area contributed by atoms with E-state index in [0.29, 0.717) is 25.9 Å². The summed E-state index contributed by atoms with van der Waals surface area (Å²) in [5, 5.41) is 0. The predicted molar refractivity (Wildman–Crippen MR) is 99.7 cm³/mol. The van der Waals surface area contributed by atoms with E-state index >= 15 is 0 Å². The zero-order chi connectivity index (χ0) is 19.0. The molecule has 1 atom stereocenters. The second-order valence-corrected chi connectivity index (χ2v) is 7.11. The van der Waals surface area contributed by atoms with E-state index in [9.17, 15) is 13.6 Å². The van der Waals surface area contributed by atoms with E-state index in [1.54, 1.807) is 29.2 Å². The number of rotatable bonds is 1. The van der Waals surface area contributed by atoms with Crippen LogP contribution in [0.5, 0.6) is 0 Å². The highest BCUT2D eigenvalue weighted by molar-refractivity contribution is 5.75. The lowest BCUT2D eigenvalue weighted by molar-refractivity contribution is 0.180. The number of anilines is 2. The van der Waals surface area contributed by atoms with Gasteiger partial charge in [-0.25, -0.2) is 19.4 Å². The first-order chi connectivity index (χ1) is 13.1. The monoisotopic (exact) mass is 372 g/mol. The van der Waals surface area contributed by atoms with Gasteiger partial charge in [-0.1, -0.05) is 0 Å². The SMILES string of the molecule is NNC(=O)N1CCCC(N2c3ccc(F)cc3CCc3cc(F)ccc32)C1. The number of likely N-dealkylation sites (tertiary alicyclic amines) is 1. The van der Waals surface area contributed by atoms with Gasteiger partial charge in [0.2, 0.25) is 0 Å². The molecule has 0 saturated carbocycles. The number of nitrogens with zero attached hydrogens (tertiary/aromatic N) is 2. The Morgan fingerprint density at radius 1 is 1.04 bits per heavy atom. The number of amides is 2. The number of hydrazine groups is 1. The van der Waals surface area contributed by atoms with Gasteiger partial charge in [0.1, 0.15) is 11.6 Å². The highest BCUT2D eigenvalue weighted by Gasteiger charge is 2.32. The second-order valence-electron chi connectivity index (χ2n) is 7.11. The van der Waals surface area contributed by atoms with Gasteiger partial charge in [-0.15, -0.1) is 0 Å². The molecule has 0 spiro atoms. The molecule has 0 aliphatic carbocycles. The standard InChI is InChI=1S/C20H22F2N4O/c21-15-5-7-18-13(10-15)3-4-14-11-16(22)6-8-19(14)26(18)17-2-1-9-25(12-17)20(27)24-23/h5-8,10-11,17H,1-4,9,12,23H2,(H,24,27). The summed E-state index contributed by atoms with van der Waals surface area (Å²) in [5.74, 6) is 4.74. The van der Waals surface area contributed by atoms with Crippen molar-refractivity contribution in [2.24, 2.45) is 5.84 Å². The van der Waals surface area contributed by atoms with Crippen LogP contribution in [-0.4, -0.2) is 30.1 Å². The van der Waals surface area contributed by atoms with Gasteiger partial charge in [0, 0.05) is 24.5 Å². The number of fused-ring (bicyclic) bond motifs is 2. The highest BCUT2D eigenvalue weighted by Crippen LogP contribution is 2.40. The maximum atomic E-state index is 13.8. The summed E-state index contributed by atoms with van der Waals surface area (Å²) >= 11 is 0. The molecular formula is C20H22F2N4O. The summed E-state index contributed by atoms with van der Waals surface area (Å²) in [5.41, 5.74) is 5.82. The summed E-state index contributed by atoms with van der Waals surface area (Å²) < 4.78 is 27.7. The fourth-order valence-corrected chi connectivity index (χ4v) is 4.21. The molecule has 7 heteroatoms. The molecule has 0 radical (unpaired) electrons. The minimum atomic E-state index is -0.312. The highest BCUT2D eigenvalue weighted by atomic mass is 19.1. The van der Waals surface area contributed by atoms with Gasteiger partial charge in [0.15, 0.2) is 0 Å². The number of benzene rings is 2. The molecule has 2 aromatic rings. The third kappa shape index (κ3) is 3.35. The Bertz CT molecular complexity index is 820. The minimum absolute atomic E-state index is 0.00238. The molecule has 1 saturated heterocycles. The lowest BCUT2D eigenvalue weighted by Crippen LogP contribution is -2.52. The lowest BCUT2D eigenvalue weighted by atomic mass is 10.0. The van der Waals surface area contributed by atoms with E-state index < -0.39 is 0 Å². The Labute approximate surface area is 156 Å². The average Bonchev–Trinajstić information content (AvgIpc) is 2.83. The van der Waals surface area contributed by atoms with Gasteiger partial charge in [0.05, 0.1) is 6.04 Å². The molecule has 1 fully saturated rings. The number of nitrogens with two attached hydrogens (primary N) is 1. The third-order valence-corrected chi connectivity index (χ3v) is 5.44. The second kappa shape index (κ2) is 7.15. The number of urea groups is 1. The maximum absolute atomic E-state index is 13.8. The van der Waals surface area contributed by atoms with Crippen molar-refractivity contribution in [2.75, 3.05) is 18.0 Å². The molecule has 0 aromatic heterocycles. The number of halogens is 2. The van der Waals surface area contributed by atoms with Crippen molar-refractivity contribution < 1.29 is 13.6 Å². The quantitative estimate of drug-likeness (QED) is 0.459. The van der Waals surface area contributed by atoms with Crippen LogP contribution in [-0.2, 0) is 12.8 Å². The molecule has 2 aliphatic heterocycles. The van der Waals surface area contributed by atoms with Gasteiger partial charge in [0.25, 0.3) is 0 Å². The normalized spacial score (nSPS) is 19.1. The number of piperidine rings is 1. The van der Waals surface area contributed by atoms with Crippen molar-refractivity contribution in [3.8, 4) is 0 Å². The molecule has 3 N–H and O–H groups in total. The minimum Gasteiger partial charge on any atom is -0.336 e. The van der Waals surface area contributed by atoms with Crippen LogP contribution in [0, 0.1) is 11.6 Å².